The van der Waals surface area contributed by atoms with Crippen molar-refractivity contribution in [3.63, 3.8) is 0 Å². The molecule has 1 saturated heterocycles. The normalized spacial score (nSPS) is 18.7. The zero-order valence-electron chi connectivity index (χ0n) is 13.1. The number of anilines is 3. The molecule has 20 heavy (non-hydrogen) atoms. The predicted molar refractivity (Wildman–Crippen MR) is 82.6 cm³/mol. The van der Waals surface area contributed by atoms with Crippen LogP contribution in [0.1, 0.15) is 12.8 Å². The molecule has 7 nitrogen and oxygen atoms in total. The second-order valence-electron chi connectivity index (χ2n) is 5.66. The Bertz CT molecular complexity index is 446. The topological polar surface area (TPSA) is 60.4 Å². The van der Waals surface area contributed by atoms with Gasteiger partial charge < -0.3 is 20.0 Å². The summed E-state index contributed by atoms with van der Waals surface area (Å²) in [6.07, 6.45) is 2.38. The Morgan fingerprint density at radius 3 is 2.55 bits per heavy atom. The predicted octanol–water partition coefficient (Wildman–Crippen LogP) is 0.510. The van der Waals surface area contributed by atoms with E-state index in [2.05, 4.69) is 44.2 Å². The molecular formula is C13H25N7. The van der Waals surface area contributed by atoms with E-state index in [9.17, 15) is 0 Å². The maximum absolute atomic E-state index is 4.59. The Kier molecular flexibility index (Phi) is 4.59. The van der Waals surface area contributed by atoms with E-state index in [0.717, 1.165) is 19.0 Å². The average molecular weight is 279 g/mol. The van der Waals surface area contributed by atoms with Gasteiger partial charge in [0, 0.05) is 40.3 Å². The number of hydrogen-bond acceptors (Lipinski definition) is 7. The standard InChI is InChI=1S/C13H25N7/c1-14-11-15-12(19(4)5)17-13(16-11)20-8-6-7-10(20)9-18(2)3/h10H,6-9H2,1-5H3,(H,14,15,16,17). The molecule has 0 saturated carbocycles. The lowest BCUT2D eigenvalue weighted by molar-refractivity contribution is 0.371. The summed E-state index contributed by atoms with van der Waals surface area (Å²) < 4.78 is 0. The van der Waals surface area contributed by atoms with Crippen LogP contribution < -0.4 is 15.1 Å². The molecule has 2 heterocycles. The molecule has 0 bridgehead atoms. The first-order valence-electron chi connectivity index (χ1n) is 7.03. The summed E-state index contributed by atoms with van der Waals surface area (Å²) in [5.74, 6) is 2.08. The monoisotopic (exact) mass is 279 g/mol. The van der Waals surface area contributed by atoms with Crippen LogP contribution in [0.3, 0.4) is 0 Å². The smallest absolute Gasteiger partial charge is 0.232 e. The molecule has 0 aliphatic carbocycles. The average Bonchev–Trinajstić information content (AvgIpc) is 2.85. The van der Waals surface area contributed by atoms with Crippen molar-refractivity contribution in [1.82, 2.24) is 19.9 Å². The van der Waals surface area contributed by atoms with Crippen LogP contribution in [0.15, 0.2) is 0 Å². The van der Waals surface area contributed by atoms with Gasteiger partial charge in [-0.25, -0.2) is 0 Å². The summed E-state index contributed by atoms with van der Waals surface area (Å²) in [4.78, 5) is 19.9. The number of nitrogens with one attached hydrogen (secondary N) is 1. The third-order valence-corrected chi connectivity index (χ3v) is 3.45. The quantitative estimate of drug-likeness (QED) is 0.842. The summed E-state index contributed by atoms with van der Waals surface area (Å²) in [7, 11) is 9.93. The largest absolute Gasteiger partial charge is 0.357 e. The minimum absolute atomic E-state index is 0.479. The van der Waals surface area contributed by atoms with Gasteiger partial charge >= 0.3 is 0 Å². The second-order valence-corrected chi connectivity index (χ2v) is 5.66. The molecular weight excluding hydrogens is 254 g/mol. The van der Waals surface area contributed by atoms with Crippen LogP contribution in [0.4, 0.5) is 17.8 Å². The molecule has 0 radical (unpaired) electrons. The van der Waals surface area contributed by atoms with Crippen LogP contribution in [0.25, 0.3) is 0 Å². The number of nitrogens with zero attached hydrogens (tertiary/aromatic N) is 6. The third-order valence-electron chi connectivity index (χ3n) is 3.45. The van der Waals surface area contributed by atoms with Gasteiger partial charge in [0.1, 0.15) is 0 Å². The van der Waals surface area contributed by atoms with Gasteiger partial charge in [0.2, 0.25) is 17.8 Å². The fourth-order valence-electron chi connectivity index (χ4n) is 2.50. The number of rotatable bonds is 5. The minimum atomic E-state index is 0.479. The molecule has 2 rings (SSSR count). The molecule has 1 fully saturated rings. The number of hydrogen-bond donors (Lipinski definition) is 1. The highest BCUT2D eigenvalue weighted by atomic mass is 15.4. The van der Waals surface area contributed by atoms with E-state index < -0.39 is 0 Å². The van der Waals surface area contributed by atoms with Crippen molar-refractivity contribution in [2.24, 2.45) is 0 Å². The first-order valence-corrected chi connectivity index (χ1v) is 7.03. The van der Waals surface area contributed by atoms with Gasteiger partial charge in [-0.15, -0.1) is 0 Å². The lowest BCUT2D eigenvalue weighted by atomic mass is 10.2. The van der Waals surface area contributed by atoms with Crippen molar-refractivity contribution < 1.29 is 0 Å². The Labute approximate surface area is 121 Å². The van der Waals surface area contributed by atoms with Gasteiger partial charge in [0.25, 0.3) is 0 Å². The molecule has 1 aromatic heterocycles. The Balaban J connectivity index is 2.28. The molecule has 0 amide bonds. The van der Waals surface area contributed by atoms with Gasteiger partial charge in [-0.3, -0.25) is 0 Å². The van der Waals surface area contributed by atoms with E-state index in [-0.39, 0.29) is 0 Å². The molecule has 112 valence electrons. The van der Waals surface area contributed by atoms with Crippen LogP contribution in [0.2, 0.25) is 0 Å². The van der Waals surface area contributed by atoms with Crippen LogP contribution in [0.5, 0.6) is 0 Å². The van der Waals surface area contributed by atoms with Crippen molar-refractivity contribution in [1.29, 1.82) is 0 Å². The summed E-state index contributed by atoms with van der Waals surface area (Å²) >= 11 is 0. The first kappa shape index (κ1) is 14.8. The van der Waals surface area contributed by atoms with E-state index in [0.29, 0.717) is 17.9 Å². The molecule has 1 aliphatic rings. The Hall–Kier alpha value is -1.63. The van der Waals surface area contributed by atoms with Gasteiger partial charge in [-0.2, -0.15) is 15.0 Å². The van der Waals surface area contributed by atoms with Crippen molar-refractivity contribution in [2.45, 2.75) is 18.9 Å². The van der Waals surface area contributed by atoms with Crippen LogP contribution >= 0.6 is 0 Å². The van der Waals surface area contributed by atoms with Gasteiger partial charge in [0.15, 0.2) is 0 Å². The second kappa shape index (κ2) is 6.21. The molecule has 1 aliphatic heterocycles. The van der Waals surface area contributed by atoms with Crippen LogP contribution in [-0.2, 0) is 0 Å². The number of likely N-dealkylation sites (N-methyl/N-ethyl adjacent to an activating group) is 1. The van der Waals surface area contributed by atoms with E-state index >= 15 is 0 Å². The molecule has 1 unspecified atom stereocenters. The van der Waals surface area contributed by atoms with Crippen LogP contribution in [-0.4, -0.2) is 74.2 Å². The summed E-state index contributed by atoms with van der Waals surface area (Å²) in [5, 5.41) is 3.02. The summed E-state index contributed by atoms with van der Waals surface area (Å²) in [6.45, 7) is 2.04. The maximum Gasteiger partial charge on any atom is 0.232 e. The van der Waals surface area contributed by atoms with Crippen molar-refractivity contribution in [3.8, 4) is 0 Å². The molecule has 0 aromatic carbocycles. The maximum atomic E-state index is 4.59. The Morgan fingerprint density at radius 1 is 1.20 bits per heavy atom. The molecule has 7 heteroatoms. The number of aromatic nitrogens is 3. The van der Waals surface area contributed by atoms with Crippen LogP contribution in [0, 0.1) is 0 Å². The van der Waals surface area contributed by atoms with Gasteiger partial charge in [-0.05, 0) is 26.9 Å². The lowest BCUT2D eigenvalue weighted by Gasteiger charge is -2.27. The lowest BCUT2D eigenvalue weighted by Crippen LogP contribution is -2.38. The van der Waals surface area contributed by atoms with Gasteiger partial charge in [-0.1, -0.05) is 0 Å². The zero-order chi connectivity index (χ0) is 14.7. The molecule has 0 spiro atoms. The zero-order valence-corrected chi connectivity index (χ0v) is 13.1. The minimum Gasteiger partial charge on any atom is -0.357 e. The SMILES string of the molecule is CNc1nc(N(C)C)nc(N2CCCC2CN(C)C)n1. The van der Waals surface area contributed by atoms with Gasteiger partial charge in [0.05, 0.1) is 0 Å². The fraction of sp³-hybridized carbons (Fsp3) is 0.769. The fourth-order valence-corrected chi connectivity index (χ4v) is 2.50. The van der Waals surface area contributed by atoms with Crippen molar-refractivity contribution in [3.05, 3.63) is 0 Å². The molecule has 1 N–H and O–H groups in total. The van der Waals surface area contributed by atoms with E-state index in [1.807, 2.05) is 26.0 Å². The van der Waals surface area contributed by atoms with Crippen molar-refractivity contribution >= 4 is 17.8 Å². The highest BCUT2D eigenvalue weighted by Gasteiger charge is 2.28. The highest BCUT2D eigenvalue weighted by molar-refractivity contribution is 5.45. The van der Waals surface area contributed by atoms with E-state index in [1.54, 1.807) is 0 Å². The first-order chi connectivity index (χ1) is 9.51. The molecule has 1 aromatic rings. The van der Waals surface area contributed by atoms with Crippen molar-refractivity contribution in [2.75, 3.05) is 63.4 Å². The van der Waals surface area contributed by atoms with E-state index in [4.69, 9.17) is 0 Å². The third kappa shape index (κ3) is 3.27. The summed E-state index contributed by atoms with van der Waals surface area (Å²) in [5.41, 5.74) is 0. The van der Waals surface area contributed by atoms with E-state index in [1.165, 1.54) is 12.8 Å². The summed E-state index contributed by atoms with van der Waals surface area (Å²) in [6, 6.07) is 0.479. The highest BCUT2D eigenvalue weighted by Crippen LogP contribution is 2.24. The Morgan fingerprint density at radius 2 is 1.95 bits per heavy atom. The molecule has 1 atom stereocenters.